The van der Waals surface area contributed by atoms with Crippen LogP contribution in [0.2, 0.25) is 0 Å². The fourth-order valence-corrected chi connectivity index (χ4v) is 5.25. The molecule has 2 aliphatic carbocycles. The van der Waals surface area contributed by atoms with Crippen molar-refractivity contribution in [1.29, 1.82) is 0 Å². The second-order valence-electron chi connectivity index (χ2n) is 7.39. The van der Waals surface area contributed by atoms with Gasteiger partial charge in [0.25, 0.3) is 0 Å². The molecule has 130 valence electrons. The van der Waals surface area contributed by atoms with Gasteiger partial charge in [0.1, 0.15) is 6.54 Å². The SMILES string of the molecule is CN(C)C(=O)CN=C(NCC1CCCS1)NC1CC2CCC1C2. The summed E-state index contributed by atoms with van der Waals surface area (Å²) in [6.07, 6.45) is 8.01. The van der Waals surface area contributed by atoms with Crippen LogP contribution in [0, 0.1) is 11.8 Å². The number of fused-ring (bicyclic) bond motifs is 2. The normalized spacial score (nSPS) is 33.0. The van der Waals surface area contributed by atoms with Crippen molar-refractivity contribution in [1.82, 2.24) is 15.5 Å². The van der Waals surface area contributed by atoms with E-state index < -0.39 is 0 Å². The number of hydrogen-bond donors (Lipinski definition) is 2. The molecule has 0 radical (unpaired) electrons. The molecule has 3 aliphatic rings. The van der Waals surface area contributed by atoms with E-state index in [4.69, 9.17) is 0 Å². The number of guanidine groups is 1. The summed E-state index contributed by atoms with van der Waals surface area (Å²) in [7, 11) is 3.56. The van der Waals surface area contributed by atoms with E-state index in [1.54, 1.807) is 19.0 Å². The van der Waals surface area contributed by atoms with Crippen molar-refractivity contribution in [2.24, 2.45) is 16.8 Å². The van der Waals surface area contributed by atoms with E-state index in [1.165, 1.54) is 44.3 Å². The van der Waals surface area contributed by atoms with Gasteiger partial charge in [-0.15, -0.1) is 0 Å². The minimum absolute atomic E-state index is 0.0503. The van der Waals surface area contributed by atoms with Gasteiger partial charge in [0.05, 0.1) is 0 Å². The number of nitrogens with one attached hydrogen (secondary N) is 2. The van der Waals surface area contributed by atoms with Gasteiger partial charge < -0.3 is 15.5 Å². The number of nitrogens with zero attached hydrogens (tertiary/aromatic N) is 2. The zero-order chi connectivity index (χ0) is 16.2. The van der Waals surface area contributed by atoms with Gasteiger partial charge in [-0.25, -0.2) is 4.99 Å². The Morgan fingerprint density at radius 3 is 2.74 bits per heavy atom. The summed E-state index contributed by atoms with van der Waals surface area (Å²) in [6.45, 7) is 1.18. The molecular weight excluding hydrogens is 308 g/mol. The van der Waals surface area contributed by atoms with Crippen LogP contribution in [0.1, 0.15) is 38.5 Å². The maximum absolute atomic E-state index is 11.8. The fourth-order valence-electron chi connectivity index (χ4n) is 4.05. The topological polar surface area (TPSA) is 56.7 Å². The predicted molar refractivity (Wildman–Crippen MR) is 96.9 cm³/mol. The van der Waals surface area contributed by atoms with Crippen LogP contribution in [0.4, 0.5) is 0 Å². The third-order valence-electron chi connectivity index (χ3n) is 5.45. The molecule has 6 heteroatoms. The quantitative estimate of drug-likeness (QED) is 0.592. The molecule has 4 atom stereocenters. The van der Waals surface area contributed by atoms with Gasteiger partial charge in [-0.1, -0.05) is 6.42 Å². The van der Waals surface area contributed by atoms with Gasteiger partial charge in [-0.3, -0.25) is 4.79 Å². The number of carbonyl (C=O) groups is 1. The first-order chi connectivity index (χ1) is 11.1. The number of amides is 1. The lowest BCUT2D eigenvalue weighted by atomic mass is 9.95. The number of thioether (sulfide) groups is 1. The van der Waals surface area contributed by atoms with E-state index in [9.17, 15) is 4.79 Å². The van der Waals surface area contributed by atoms with Crippen LogP contribution in [0.5, 0.6) is 0 Å². The molecule has 1 amide bonds. The van der Waals surface area contributed by atoms with Crippen LogP contribution in [0.15, 0.2) is 4.99 Å². The average molecular weight is 339 g/mol. The first kappa shape index (κ1) is 16.9. The van der Waals surface area contributed by atoms with E-state index in [0.29, 0.717) is 11.3 Å². The molecule has 0 aromatic carbocycles. The number of likely N-dealkylation sites (N-methyl/N-ethyl adjacent to an activating group) is 1. The molecule has 1 saturated heterocycles. The summed E-state index contributed by atoms with van der Waals surface area (Å²) in [5.41, 5.74) is 0. The average Bonchev–Trinajstić information content (AvgIpc) is 3.26. The smallest absolute Gasteiger partial charge is 0.243 e. The Morgan fingerprint density at radius 1 is 1.26 bits per heavy atom. The fraction of sp³-hybridized carbons (Fsp3) is 0.882. The van der Waals surface area contributed by atoms with Crippen molar-refractivity contribution >= 4 is 23.6 Å². The molecule has 1 aliphatic heterocycles. The molecule has 3 rings (SSSR count). The lowest BCUT2D eigenvalue weighted by Gasteiger charge is -2.26. The van der Waals surface area contributed by atoms with Crippen molar-refractivity contribution < 1.29 is 4.79 Å². The van der Waals surface area contributed by atoms with Gasteiger partial charge in [0.15, 0.2) is 5.96 Å². The molecule has 1 heterocycles. The van der Waals surface area contributed by atoms with Crippen LogP contribution in [-0.2, 0) is 4.79 Å². The van der Waals surface area contributed by atoms with Crippen LogP contribution in [-0.4, -0.2) is 61.0 Å². The van der Waals surface area contributed by atoms with Gasteiger partial charge in [0.2, 0.25) is 5.91 Å². The van der Waals surface area contributed by atoms with Crippen LogP contribution < -0.4 is 10.6 Å². The molecule has 2 N–H and O–H groups in total. The van der Waals surface area contributed by atoms with E-state index in [-0.39, 0.29) is 12.5 Å². The molecule has 23 heavy (non-hydrogen) atoms. The van der Waals surface area contributed by atoms with Crippen molar-refractivity contribution in [3.8, 4) is 0 Å². The Bertz CT molecular complexity index is 448. The lowest BCUT2D eigenvalue weighted by molar-refractivity contribution is -0.127. The van der Waals surface area contributed by atoms with Gasteiger partial charge in [0, 0.05) is 31.9 Å². The molecule has 4 unspecified atom stereocenters. The third-order valence-corrected chi connectivity index (χ3v) is 6.85. The van der Waals surface area contributed by atoms with Crippen molar-refractivity contribution in [2.75, 3.05) is 32.9 Å². The zero-order valence-corrected chi connectivity index (χ0v) is 15.2. The monoisotopic (exact) mass is 338 g/mol. The number of hydrogen-bond acceptors (Lipinski definition) is 3. The van der Waals surface area contributed by atoms with Crippen molar-refractivity contribution in [3.63, 3.8) is 0 Å². The highest BCUT2D eigenvalue weighted by Gasteiger charge is 2.39. The first-order valence-electron chi connectivity index (χ1n) is 8.98. The molecule has 5 nitrogen and oxygen atoms in total. The predicted octanol–water partition coefficient (Wildman–Crippen LogP) is 1.69. The molecular formula is C17H30N4OS. The summed E-state index contributed by atoms with van der Waals surface area (Å²) in [5, 5.41) is 7.80. The summed E-state index contributed by atoms with van der Waals surface area (Å²) in [4.78, 5) is 18.0. The standard InChI is InChI=1S/C17H30N4OS/c1-21(2)16(22)11-19-17(18-10-14-4-3-7-23-14)20-15-9-12-5-6-13(15)8-12/h12-15H,3-11H2,1-2H3,(H2,18,19,20). The van der Waals surface area contributed by atoms with Gasteiger partial charge >= 0.3 is 0 Å². The van der Waals surface area contributed by atoms with Crippen LogP contribution in [0.25, 0.3) is 0 Å². The molecule has 0 aromatic rings. The van der Waals surface area contributed by atoms with E-state index in [2.05, 4.69) is 15.6 Å². The number of rotatable bonds is 5. The molecule has 2 saturated carbocycles. The van der Waals surface area contributed by atoms with E-state index in [1.807, 2.05) is 11.8 Å². The van der Waals surface area contributed by atoms with E-state index in [0.717, 1.165) is 24.3 Å². The highest BCUT2D eigenvalue weighted by molar-refractivity contribution is 8.00. The maximum atomic E-state index is 11.8. The summed E-state index contributed by atoms with van der Waals surface area (Å²) < 4.78 is 0. The third kappa shape index (κ3) is 4.55. The Balaban J connectivity index is 1.55. The Labute approximate surface area is 144 Å². The summed E-state index contributed by atoms with van der Waals surface area (Å²) >= 11 is 2.05. The van der Waals surface area contributed by atoms with Crippen molar-refractivity contribution in [3.05, 3.63) is 0 Å². The largest absolute Gasteiger partial charge is 0.355 e. The molecule has 2 bridgehead atoms. The second kappa shape index (κ2) is 7.77. The highest BCUT2D eigenvalue weighted by atomic mass is 32.2. The van der Waals surface area contributed by atoms with Gasteiger partial charge in [-0.05, 0) is 49.7 Å². The maximum Gasteiger partial charge on any atom is 0.243 e. The second-order valence-corrected chi connectivity index (χ2v) is 8.80. The zero-order valence-electron chi connectivity index (χ0n) is 14.4. The summed E-state index contributed by atoms with van der Waals surface area (Å²) in [6, 6.07) is 0.547. The molecule has 0 aromatic heterocycles. The van der Waals surface area contributed by atoms with E-state index >= 15 is 0 Å². The van der Waals surface area contributed by atoms with Gasteiger partial charge in [-0.2, -0.15) is 11.8 Å². The first-order valence-corrected chi connectivity index (χ1v) is 10.0. The van der Waals surface area contributed by atoms with Crippen molar-refractivity contribution in [2.45, 2.75) is 49.8 Å². The number of carbonyl (C=O) groups excluding carboxylic acids is 1. The Kier molecular flexibility index (Phi) is 5.72. The number of aliphatic imine (C=N–C) groups is 1. The minimum atomic E-state index is 0.0503. The summed E-state index contributed by atoms with van der Waals surface area (Å²) in [5.74, 6) is 3.88. The van der Waals surface area contributed by atoms with Crippen LogP contribution in [0.3, 0.4) is 0 Å². The Hall–Kier alpha value is -0.910. The molecule has 3 fully saturated rings. The van der Waals surface area contributed by atoms with Crippen LogP contribution >= 0.6 is 11.8 Å². The minimum Gasteiger partial charge on any atom is -0.355 e. The molecule has 0 spiro atoms. The highest BCUT2D eigenvalue weighted by Crippen LogP contribution is 2.44. The lowest BCUT2D eigenvalue weighted by Crippen LogP contribution is -2.47. The Morgan fingerprint density at radius 2 is 2.13 bits per heavy atom.